The Morgan fingerprint density at radius 1 is 1.04 bits per heavy atom. The first-order chi connectivity index (χ1) is 11.0. The average molecular weight is 375 g/mol. The predicted octanol–water partition coefficient (Wildman–Crippen LogP) is 4.10. The van der Waals surface area contributed by atoms with Gasteiger partial charge in [-0.1, -0.05) is 71.4 Å². The van der Waals surface area contributed by atoms with Crippen molar-refractivity contribution >= 4 is 21.8 Å². The molecule has 2 aromatic carbocycles. The second-order valence-electron chi connectivity index (χ2n) is 5.67. The van der Waals surface area contributed by atoms with E-state index < -0.39 is 0 Å². The molecular formula is C19H23BrN2O. The number of amides is 1. The lowest BCUT2D eigenvalue weighted by Gasteiger charge is -2.30. The zero-order chi connectivity index (χ0) is 16.8. The number of halogens is 1. The largest absolute Gasteiger partial charge is 0.340 e. The first-order valence-corrected chi connectivity index (χ1v) is 8.57. The second kappa shape index (κ2) is 8.27. The minimum Gasteiger partial charge on any atom is -0.340 e. The number of benzene rings is 2. The van der Waals surface area contributed by atoms with Gasteiger partial charge in [-0.2, -0.15) is 0 Å². The van der Waals surface area contributed by atoms with Crippen molar-refractivity contribution in [3.8, 4) is 0 Å². The quantitative estimate of drug-likeness (QED) is 0.759. The van der Waals surface area contributed by atoms with Crippen molar-refractivity contribution < 1.29 is 4.79 Å². The number of nitrogens with zero attached hydrogens (tertiary/aromatic N) is 2. The Bertz CT molecular complexity index is 645. The second-order valence-corrected chi connectivity index (χ2v) is 6.53. The van der Waals surface area contributed by atoms with Crippen LogP contribution in [0.15, 0.2) is 59.1 Å². The Morgan fingerprint density at radius 3 is 2.26 bits per heavy atom. The van der Waals surface area contributed by atoms with Crippen LogP contribution in [0.5, 0.6) is 0 Å². The van der Waals surface area contributed by atoms with E-state index in [4.69, 9.17) is 0 Å². The van der Waals surface area contributed by atoms with Gasteiger partial charge in [-0.3, -0.25) is 9.69 Å². The highest BCUT2D eigenvalue weighted by atomic mass is 79.9. The monoisotopic (exact) mass is 374 g/mol. The van der Waals surface area contributed by atoms with Crippen LogP contribution in [-0.2, 0) is 11.3 Å². The molecule has 23 heavy (non-hydrogen) atoms. The number of rotatable bonds is 6. The molecule has 4 heteroatoms. The lowest BCUT2D eigenvalue weighted by molar-refractivity contribution is -0.136. The average Bonchev–Trinajstić information content (AvgIpc) is 2.57. The van der Waals surface area contributed by atoms with Crippen LogP contribution in [-0.4, -0.2) is 36.3 Å². The van der Waals surface area contributed by atoms with Crippen molar-refractivity contribution in [1.82, 2.24) is 9.80 Å². The van der Waals surface area contributed by atoms with Gasteiger partial charge in [-0.05, 0) is 30.8 Å². The van der Waals surface area contributed by atoms with E-state index in [2.05, 4.69) is 27.8 Å². The topological polar surface area (TPSA) is 23.6 Å². The van der Waals surface area contributed by atoms with Gasteiger partial charge < -0.3 is 4.90 Å². The fourth-order valence-corrected chi connectivity index (χ4v) is 2.98. The third-order valence-corrected chi connectivity index (χ3v) is 4.80. The van der Waals surface area contributed by atoms with Crippen LogP contribution in [0.3, 0.4) is 0 Å². The Balaban J connectivity index is 2.22. The maximum absolute atomic E-state index is 13.0. The molecule has 0 spiro atoms. The van der Waals surface area contributed by atoms with Crippen LogP contribution < -0.4 is 0 Å². The highest BCUT2D eigenvalue weighted by Gasteiger charge is 2.27. The summed E-state index contributed by atoms with van der Waals surface area (Å²) in [5, 5.41) is 0. The summed E-state index contributed by atoms with van der Waals surface area (Å²) < 4.78 is 1.03. The fourth-order valence-electron chi connectivity index (χ4n) is 2.57. The standard InChI is InChI=1S/C19H23BrN2O/c1-4-21(2)18(15-10-6-5-7-11-15)19(23)22(3)14-16-12-8-9-13-17(16)20/h5-13,18H,4,14H2,1-3H3. The summed E-state index contributed by atoms with van der Waals surface area (Å²) in [6, 6.07) is 17.7. The number of carbonyl (C=O) groups excluding carboxylic acids is 1. The van der Waals surface area contributed by atoms with Gasteiger partial charge in [0.05, 0.1) is 0 Å². The molecule has 0 heterocycles. The molecule has 2 aromatic rings. The number of hydrogen-bond acceptors (Lipinski definition) is 2. The van der Waals surface area contributed by atoms with E-state index in [0.29, 0.717) is 6.54 Å². The molecule has 122 valence electrons. The minimum absolute atomic E-state index is 0.108. The van der Waals surface area contributed by atoms with Crippen LogP contribution in [0.4, 0.5) is 0 Å². The summed E-state index contributed by atoms with van der Waals surface area (Å²) in [6.45, 7) is 3.46. The van der Waals surface area contributed by atoms with Gasteiger partial charge in [0.1, 0.15) is 6.04 Å². The molecule has 0 aliphatic rings. The summed E-state index contributed by atoms with van der Waals surface area (Å²) in [4.78, 5) is 16.9. The molecule has 0 N–H and O–H groups in total. The zero-order valence-corrected chi connectivity index (χ0v) is 15.5. The van der Waals surface area contributed by atoms with Crippen molar-refractivity contribution in [2.45, 2.75) is 19.5 Å². The molecule has 0 bridgehead atoms. The number of hydrogen-bond donors (Lipinski definition) is 0. The van der Waals surface area contributed by atoms with Gasteiger partial charge in [-0.25, -0.2) is 0 Å². The number of likely N-dealkylation sites (N-methyl/N-ethyl adjacent to an activating group) is 2. The molecule has 0 aromatic heterocycles. The zero-order valence-electron chi connectivity index (χ0n) is 13.9. The summed E-state index contributed by atoms with van der Waals surface area (Å²) in [7, 11) is 3.85. The molecule has 3 nitrogen and oxygen atoms in total. The Morgan fingerprint density at radius 2 is 1.65 bits per heavy atom. The first kappa shape index (κ1) is 17.7. The van der Waals surface area contributed by atoms with Crippen LogP contribution in [0, 0.1) is 0 Å². The van der Waals surface area contributed by atoms with Gasteiger partial charge in [0, 0.05) is 18.1 Å². The van der Waals surface area contributed by atoms with Gasteiger partial charge >= 0.3 is 0 Å². The maximum atomic E-state index is 13.0. The molecule has 2 rings (SSSR count). The van der Waals surface area contributed by atoms with Gasteiger partial charge in [-0.15, -0.1) is 0 Å². The molecule has 0 saturated heterocycles. The smallest absolute Gasteiger partial charge is 0.244 e. The van der Waals surface area contributed by atoms with Crippen molar-refractivity contribution in [3.63, 3.8) is 0 Å². The van der Waals surface area contributed by atoms with Crippen molar-refractivity contribution in [1.29, 1.82) is 0 Å². The minimum atomic E-state index is -0.256. The van der Waals surface area contributed by atoms with Crippen LogP contribution in [0.25, 0.3) is 0 Å². The van der Waals surface area contributed by atoms with Crippen LogP contribution >= 0.6 is 15.9 Å². The molecular weight excluding hydrogens is 352 g/mol. The molecule has 0 radical (unpaired) electrons. The van der Waals surface area contributed by atoms with E-state index >= 15 is 0 Å². The van der Waals surface area contributed by atoms with E-state index in [-0.39, 0.29) is 11.9 Å². The van der Waals surface area contributed by atoms with E-state index in [1.54, 1.807) is 4.90 Å². The van der Waals surface area contributed by atoms with E-state index in [1.807, 2.05) is 68.7 Å². The summed E-state index contributed by atoms with van der Waals surface area (Å²) in [6.07, 6.45) is 0. The summed E-state index contributed by atoms with van der Waals surface area (Å²) in [5.41, 5.74) is 2.13. The lowest BCUT2D eigenvalue weighted by Crippen LogP contribution is -2.39. The Kier molecular flexibility index (Phi) is 6.37. The van der Waals surface area contributed by atoms with Crippen LogP contribution in [0.2, 0.25) is 0 Å². The third kappa shape index (κ3) is 4.43. The Labute approximate surface area is 147 Å². The van der Waals surface area contributed by atoms with Gasteiger partial charge in [0.15, 0.2) is 0 Å². The number of carbonyl (C=O) groups is 1. The predicted molar refractivity (Wildman–Crippen MR) is 98.1 cm³/mol. The Hall–Kier alpha value is -1.65. The lowest BCUT2D eigenvalue weighted by atomic mass is 10.0. The van der Waals surface area contributed by atoms with Crippen molar-refractivity contribution in [2.24, 2.45) is 0 Å². The molecule has 0 fully saturated rings. The molecule has 1 atom stereocenters. The molecule has 0 aliphatic heterocycles. The van der Waals surface area contributed by atoms with E-state index in [0.717, 1.165) is 22.1 Å². The molecule has 1 unspecified atom stereocenters. The third-order valence-electron chi connectivity index (χ3n) is 4.03. The van der Waals surface area contributed by atoms with Crippen molar-refractivity contribution in [2.75, 3.05) is 20.6 Å². The molecule has 0 aliphatic carbocycles. The fraction of sp³-hybridized carbons (Fsp3) is 0.316. The molecule has 0 saturated carbocycles. The first-order valence-electron chi connectivity index (χ1n) is 7.78. The van der Waals surface area contributed by atoms with E-state index in [9.17, 15) is 4.79 Å². The van der Waals surface area contributed by atoms with Gasteiger partial charge in [0.2, 0.25) is 5.91 Å². The summed E-state index contributed by atoms with van der Waals surface area (Å²) >= 11 is 3.55. The van der Waals surface area contributed by atoms with E-state index in [1.165, 1.54) is 0 Å². The molecule has 1 amide bonds. The highest BCUT2D eigenvalue weighted by Crippen LogP contribution is 2.23. The highest BCUT2D eigenvalue weighted by molar-refractivity contribution is 9.10. The van der Waals surface area contributed by atoms with Crippen molar-refractivity contribution in [3.05, 3.63) is 70.2 Å². The summed E-state index contributed by atoms with van der Waals surface area (Å²) in [5.74, 6) is 0.108. The SMILES string of the molecule is CCN(C)C(C(=O)N(C)Cc1ccccc1Br)c1ccccc1. The van der Waals surface area contributed by atoms with Crippen LogP contribution in [0.1, 0.15) is 24.1 Å². The van der Waals surface area contributed by atoms with Gasteiger partial charge in [0.25, 0.3) is 0 Å². The maximum Gasteiger partial charge on any atom is 0.244 e. The normalized spacial score (nSPS) is 12.2.